The maximum atomic E-state index is 14.7. The number of carbonyl (C=O) groups is 1. The van der Waals surface area contributed by atoms with Gasteiger partial charge in [0.15, 0.2) is 8.32 Å². The van der Waals surface area contributed by atoms with E-state index in [1.807, 2.05) is 23.1 Å². The van der Waals surface area contributed by atoms with Gasteiger partial charge in [-0.1, -0.05) is 62.2 Å². The maximum Gasteiger partial charge on any atom is 0.252 e. The van der Waals surface area contributed by atoms with Crippen molar-refractivity contribution in [2.45, 2.75) is 83.0 Å². The molecule has 1 aliphatic heterocycles. The van der Waals surface area contributed by atoms with Crippen molar-refractivity contribution in [1.29, 1.82) is 0 Å². The Balaban J connectivity index is 1.80. The van der Waals surface area contributed by atoms with Crippen molar-refractivity contribution in [2.75, 3.05) is 6.61 Å². The van der Waals surface area contributed by atoms with E-state index in [4.69, 9.17) is 32.4 Å². The maximum absolute atomic E-state index is 14.7. The van der Waals surface area contributed by atoms with Crippen molar-refractivity contribution in [2.24, 2.45) is 5.92 Å². The molecule has 1 saturated carbocycles. The van der Waals surface area contributed by atoms with E-state index in [2.05, 4.69) is 33.9 Å². The molecule has 0 aromatic heterocycles. The van der Waals surface area contributed by atoms with Gasteiger partial charge in [0.05, 0.1) is 23.7 Å². The van der Waals surface area contributed by atoms with Gasteiger partial charge in [0.25, 0.3) is 5.91 Å². The minimum atomic E-state index is -2.06. The molecule has 0 N–H and O–H groups in total. The Morgan fingerprint density at radius 1 is 1.14 bits per heavy atom. The molecule has 36 heavy (non-hydrogen) atoms. The fraction of sp³-hybridized carbons (Fsp3) is 0.536. The topological polar surface area (TPSA) is 38.8 Å². The van der Waals surface area contributed by atoms with Crippen molar-refractivity contribution in [1.82, 2.24) is 4.90 Å². The van der Waals surface area contributed by atoms with Crippen molar-refractivity contribution in [3.8, 4) is 0 Å². The van der Waals surface area contributed by atoms with Gasteiger partial charge in [0.1, 0.15) is 18.0 Å². The fourth-order valence-electron chi connectivity index (χ4n) is 4.63. The van der Waals surface area contributed by atoms with Gasteiger partial charge in [0, 0.05) is 5.02 Å². The van der Waals surface area contributed by atoms with Crippen LogP contribution in [-0.2, 0) is 14.0 Å². The predicted molar refractivity (Wildman–Crippen MR) is 145 cm³/mol. The molecule has 4 nitrogen and oxygen atoms in total. The number of hydrogen-bond acceptors (Lipinski definition) is 3. The molecule has 0 unspecified atom stereocenters. The fourth-order valence-corrected chi connectivity index (χ4v) is 5.96. The Morgan fingerprint density at radius 2 is 1.83 bits per heavy atom. The summed E-state index contributed by atoms with van der Waals surface area (Å²) < 4.78 is 27.7. The first-order valence-electron chi connectivity index (χ1n) is 12.6. The number of morpholine rings is 1. The molecule has 2 aromatic carbocycles. The van der Waals surface area contributed by atoms with E-state index in [0.717, 1.165) is 18.4 Å². The highest BCUT2D eigenvalue weighted by atomic mass is 35.5. The third-order valence-electron chi connectivity index (χ3n) is 7.95. The van der Waals surface area contributed by atoms with Crippen molar-refractivity contribution in [3.05, 3.63) is 69.5 Å². The van der Waals surface area contributed by atoms with Gasteiger partial charge in [-0.15, -0.1) is 0 Å². The molecular weight excluding hydrogens is 516 g/mol. The van der Waals surface area contributed by atoms with E-state index in [1.54, 1.807) is 25.1 Å². The van der Waals surface area contributed by atoms with Gasteiger partial charge in [-0.2, -0.15) is 0 Å². The molecule has 4 rings (SSSR count). The summed E-state index contributed by atoms with van der Waals surface area (Å²) in [6, 6.07) is 11.5. The molecule has 1 saturated heterocycles. The molecule has 196 valence electrons. The number of nitrogens with zero attached hydrogens (tertiary/aromatic N) is 1. The highest BCUT2D eigenvalue weighted by Gasteiger charge is 2.50. The van der Waals surface area contributed by atoms with Crippen molar-refractivity contribution >= 4 is 37.4 Å². The zero-order valence-electron chi connectivity index (χ0n) is 21.9. The van der Waals surface area contributed by atoms with Crippen LogP contribution in [-0.4, -0.2) is 37.9 Å². The van der Waals surface area contributed by atoms with Gasteiger partial charge < -0.3 is 14.1 Å². The van der Waals surface area contributed by atoms with Crippen molar-refractivity contribution in [3.63, 3.8) is 0 Å². The lowest BCUT2D eigenvalue weighted by Crippen LogP contribution is -2.57. The van der Waals surface area contributed by atoms with E-state index in [0.29, 0.717) is 23.1 Å². The summed E-state index contributed by atoms with van der Waals surface area (Å²) in [4.78, 5) is 15.7. The van der Waals surface area contributed by atoms with Crippen LogP contribution in [0.2, 0.25) is 28.2 Å². The van der Waals surface area contributed by atoms with E-state index >= 15 is 0 Å². The highest BCUT2D eigenvalue weighted by molar-refractivity contribution is 6.74. The summed E-state index contributed by atoms with van der Waals surface area (Å²) in [5, 5.41) is 0.667. The van der Waals surface area contributed by atoms with Crippen LogP contribution in [0.5, 0.6) is 0 Å². The second-order valence-electron chi connectivity index (χ2n) is 11.6. The zero-order valence-corrected chi connectivity index (χ0v) is 24.4. The van der Waals surface area contributed by atoms with Crippen LogP contribution in [0.4, 0.5) is 4.39 Å². The average molecular weight is 553 g/mol. The zero-order chi connectivity index (χ0) is 26.4. The van der Waals surface area contributed by atoms with Crippen LogP contribution < -0.4 is 0 Å². The number of hydrogen-bond donors (Lipinski definition) is 0. The third-order valence-corrected chi connectivity index (χ3v) is 13.0. The minimum absolute atomic E-state index is 0.0426. The molecule has 1 amide bonds. The molecule has 8 heteroatoms. The second kappa shape index (κ2) is 10.4. The molecule has 0 radical (unpaired) electrons. The normalized spacial score (nSPS) is 24.2. The Morgan fingerprint density at radius 3 is 2.42 bits per heavy atom. The number of halogens is 3. The lowest BCUT2D eigenvalue weighted by molar-refractivity contribution is -0.179. The molecule has 2 fully saturated rings. The molecule has 1 aliphatic carbocycles. The SMILES string of the molecule is C[C@H]1O[C@H](c2cccc(Cl)c2)[C@@H](c2ccc(Cl)c(F)c2)N([C@H](CO[Si](C)(C)C(C)(C)C)C2CC2)C1=O. The van der Waals surface area contributed by atoms with Gasteiger partial charge >= 0.3 is 0 Å². The molecular formula is C28H36Cl2FNO3Si. The Labute approximate surface area is 225 Å². The number of benzene rings is 2. The predicted octanol–water partition coefficient (Wildman–Crippen LogP) is 7.96. The summed E-state index contributed by atoms with van der Waals surface area (Å²) >= 11 is 12.4. The average Bonchev–Trinajstić information content (AvgIpc) is 3.63. The first-order chi connectivity index (χ1) is 16.8. The van der Waals surface area contributed by atoms with Crippen LogP contribution in [0.15, 0.2) is 42.5 Å². The number of rotatable bonds is 7. The summed E-state index contributed by atoms with van der Waals surface area (Å²) in [6.07, 6.45) is 0.893. The molecule has 0 spiro atoms. The number of amides is 1. The Kier molecular flexibility index (Phi) is 7.95. The van der Waals surface area contributed by atoms with E-state index in [9.17, 15) is 9.18 Å². The van der Waals surface area contributed by atoms with Crippen LogP contribution in [0.1, 0.15) is 63.8 Å². The first-order valence-corrected chi connectivity index (χ1v) is 16.3. The summed E-state index contributed by atoms with van der Waals surface area (Å²) in [6.45, 7) is 13.3. The van der Waals surface area contributed by atoms with E-state index < -0.39 is 32.4 Å². The smallest absolute Gasteiger partial charge is 0.252 e. The second-order valence-corrected chi connectivity index (χ2v) is 17.2. The molecule has 2 aliphatic rings. The molecule has 2 aromatic rings. The van der Waals surface area contributed by atoms with Gasteiger partial charge in [0.2, 0.25) is 0 Å². The largest absolute Gasteiger partial charge is 0.415 e. The summed E-state index contributed by atoms with van der Waals surface area (Å²) in [7, 11) is -2.06. The molecule has 1 heterocycles. The van der Waals surface area contributed by atoms with E-state index in [1.165, 1.54) is 6.07 Å². The lowest BCUT2D eigenvalue weighted by Gasteiger charge is -2.48. The lowest BCUT2D eigenvalue weighted by atomic mass is 9.89. The summed E-state index contributed by atoms with van der Waals surface area (Å²) in [5.74, 6) is -0.293. The van der Waals surface area contributed by atoms with Crippen LogP contribution in [0.3, 0.4) is 0 Å². The standard InChI is InChI=1S/C28H36Cl2FNO3Si/c1-17-27(33)32(24(18-10-11-18)16-34-36(5,6)28(2,3)4)25(19-12-13-22(30)23(31)15-19)26(35-17)20-8-7-9-21(29)14-20/h7-9,12-15,17-18,24-26H,10-11,16H2,1-6H3/t17-,24-,25-,26-/m1/s1. The van der Waals surface area contributed by atoms with Crippen LogP contribution >= 0.6 is 23.2 Å². The van der Waals surface area contributed by atoms with Gasteiger partial charge in [-0.05, 0) is 79.2 Å². The summed E-state index contributed by atoms with van der Waals surface area (Å²) in [5.41, 5.74) is 1.48. The van der Waals surface area contributed by atoms with E-state index in [-0.39, 0.29) is 22.0 Å². The van der Waals surface area contributed by atoms with Crippen LogP contribution in [0.25, 0.3) is 0 Å². The minimum Gasteiger partial charge on any atom is -0.415 e. The number of carbonyl (C=O) groups excluding carboxylic acids is 1. The van der Waals surface area contributed by atoms with Gasteiger partial charge in [-0.25, -0.2) is 4.39 Å². The van der Waals surface area contributed by atoms with Gasteiger partial charge in [-0.3, -0.25) is 4.79 Å². The quantitative estimate of drug-likeness (QED) is 0.327. The monoisotopic (exact) mass is 551 g/mol. The highest BCUT2D eigenvalue weighted by Crippen LogP contribution is 2.48. The third kappa shape index (κ3) is 5.68. The Hall–Kier alpha value is -1.44. The first kappa shape index (κ1) is 27.6. The van der Waals surface area contributed by atoms with Crippen LogP contribution in [0, 0.1) is 11.7 Å². The molecule has 4 atom stereocenters. The Bertz CT molecular complexity index is 1120. The number of ether oxygens (including phenoxy) is 1. The van der Waals surface area contributed by atoms with Crippen molar-refractivity contribution < 1.29 is 18.3 Å². The molecule has 0 bridgehead atoms.